The standard InChI is InChI=1S/C22H30FN3O3/c1-5-26(6-2)22(27)16-8-7-11-25(13-16)14-20-15(3)29-21(24-20)18-12-17(28-4)9-10-19(18)23/h9-10,12,16H,5-8,11,13-14H2,1-4H3/t16-/m1/s1. The van der Waals surface area contributed by atoms with Gasteiger partial charge in [0.05, 0.1) is 24.3 Å². The molecule has 1 aromatic heterocycles. The van der Waals surface area contributed by atoms with Gasteiger partial charge in [0, 0.05) is 26.2 Å². The lowest BCUT2D eigenvalue weighted by atomic mass is 9.96. The molecule has 0 bridgehead atoms. The van der Waals surface area contributed by atoms with Gasteiger partial charge >= 0.3 is 0 Å². The van der Waals surface area contributed by atoms with Gasteiger partial charge in [0.1, 0.15) is 17.3 Å². The van der Waals surface area contributed by atoms with E-state index < -0.39 is 5.82 Å². The minimum absolute atomic E-state index is 0.0196. The Kier molecular flexibility index (Phi) is 6.90. The highest BCUT2D eigenvalue weighted by molar-refractivity contribution is 5.79. The maximum atomic E-state index is 14.3. The van der Waals surface area contributed by atoms with Crippen LogP contribution in [0.1, 0.15) is 38.1 Å². The van der Waals surface area contributed by atoms with Crippen LogP contribution in [0, 0.1) is 18.7 Å². The lowest BCUT2D eigenvalue weighted by molar-refractivity contribution is -0.137. The first kappa shape index (κ1) is 21.3. The summed E-state index contributed by atoms with van der Waals surface area (Å²) in [5.74, 6) is 1.32. The summed E-state index contributed by atoms with van der Waals surface area (Å²) in [7, 11) is 1.54. The zero-order valence-electron chi connectivity index (χ0n) is 17.7. The van der Waals surface area contributed by atoms with Gasteiger partial charge in [-0.15, -0.1) is 0 Å². The van der Waals surface area contributed by atoms with Gasteiger partial charge in [-0.3, -0.25) is 9.69 Å². The molecule has 0 N–H and O–H groups in total. The Labute approximate surface area is 171 Å². The Morgan fingerprint density at radius 1 is 1.38 bits per heavy atom. The molecular weight excluding hydrogens is 373 g/mol. The van der Waals surface area contributed by atoms with Crippen LogP contribution >= 0.6 is 0 Å². The van der Waals surface area contributed by atoms with Gasteiger partial charge in [-0.2, -0.15) is 0 Å². The third-order valence-electron chi connectivity index (χ3n) is 5.60. The van der Waals surface area contributed by atoms with Crippen molar-refractivity contribution in [1.29, 1.82) is 0 Å². The molecular formula is C22H30FN3O3. The number of rotatable bonds is 7. The van der Waals surface area contributed by atoms with Gasteiger partial charge in [0.15, 0.2) is 0 Å². The molecule has 0 unspecified atom stereocenters. The molecule has 2 heterocycles. The molecule has 0 radical (unpaired) electrons. The fraction of sp³-hybridized carbons (Fsp3) is 0.545. The molecule has 7 heteroatoms. The largest absolute Gasteiger partial charge is 0.497 e. The molecule has 1 aliphatic heterocycles. The Hall–Kier alpha value is -2.41. The summed E-state index contributed by atoms with van der Waals surface area (Å²) in [5.41, 5.74) is 1.06. The van der Waals surface area contributed by atoms with Crippen molar-refractivity contribution in [2.45, 2.75) is 40.2 Å². The van der Waals surface area contributed by atoms with E-state index in [2.05, 4.69) is 9.88 Å². The molecule has 1 saturated heterocycles. The van der Waals surface area contributed by atoms with E-state index >= 15 is 0 Å². The van der Waals surface area contributed by atoms with Crippen molar-refractivity contribution in [2.75, 3.05) is 33.3 Å². The number of amides is 1. The second-order valence-corrected chi connectivity index (χ2v) is 7.45. The molecule has 1 aliphatic rings. The summed E-state index contributed by atoms with van der Waals surface area (Å²) < 4.78 is 25.2. The molecule has 0 saturated carbocycles. The van der Waals surface area contributed by atoms with Gasteiger partial charge in [0.2, 0.25) is 11.8 Å². The first-order chi connectivity index (χ1) is 14.0. The van der Waals surface area contributed by atoms with Gasteiger partial charge in [-0.05, 0) is 58.4 Å². The second kappa shape index (κ2) is 9.39. The minimum Gasteiger partial charge on any atom is -0.497 e. The van der Waals surface area contributed by atoms with Crippen LogP contribution in [0.15, 0.2) is 22.6 Å². The minimum atomic E-state index is -0.401. The molecule has 1 fully saturated rings. The smallest absolute Gasteiger partial charge is 0.229 e. The molecule has 6 nitrogen and oxygen atoms in total. The quantitative estimate of drug-likeness (QED) is 0.702. The molecule has 1 atom stereocenters. The van der Waals surface area contributed by atoms with E-state index in [0.717, 1.165) is 38.2 Å². The maximum Gasteiger partial charge on any atom is 0.229 e. The molecule has 29 heavy (non-hydrogen) atoms. The number of carbonyl (C=O) groups is 1. The van der Waals surface area contributed by atoms with Crippen molar-refractivity contribution in [2.24, 2.45) is 5.92 Å². The highest BCUT2D eigenvalue weighted by atomic mass is 19.1. The number of methoxy groups -OCH3 is 1. The van der Waals surface area contributed by atoms with Crippen molar-refractivity contribution < 1.29 is 18.3 Å². The third-order valence-corrected chi connectivity index (χ3v) is 5.60. The fourth-order valence-corrected chi connectivity index (χ4v) is 3.89. The van der Waals surface area contributed by atoms with Crippen LogP contribution in [0.5, 0.6) is 5.75 Å². The second-order valence-electron chi connectivity index (χ2n) is 7.45. The number of aromatic nitrogens is 1. The van der Waals surface area contributed by atoms with E-state index in [1.54, 1.807) is 12.1 Å². The zero-order chi connectivity index (χ0) is 21.0. The molecule has 1 amide bonds. The van der Waals surface area contributed by atoms with Crippen molar-refractivity contribution >= 4 is 5.91 Å². The van der Waals surface area contributed by atoms with Crippen molar-refractivity contribution in [1.82, 2.24) is 14.8 Å². The van der Waals surface area contributed by atoms with Gasteiger partial charge in [0.25, 0.3) is 0 Å². The number of piperidine rings is 1. The summed E-state index contributed by atoms with van der Waals surface area (Å²) in [4.78, 5) is 21.4. The monoisotopic (exact) mass is 403 g/mol. The highest BCUT2D eigenvalue weighted by Gasteiger charge is 2.29. The summed E-state index contributed by atoms with van der Waals surface area (Å²) >= 11 is 0. The van der Waals surface area contributed by atoms with E-state index in [9.17, 15) is 9.18 Å². The Morgan fingerprint density at radius 2 is 2.14 bits per heavy atom. The van der Waals surface area contributed by atoms with Crippen molar-refractivity contribution in [3.63, 3.8) is 0 Å². The van der Waals surface area contributed by atoms with Crippen LogP contribution in [0.25, 0.3) is 11.5 Å². The Morgan fingerprint density at radius 3 is 2.83 bits per heavy atom. The average molecular weight is 403 g/mol. The van der Waals surface area contributed by atoms with Crippen LogP contribution in [0.3, 0.4) is 0 Å². The Bertz CT molecular complexity index is 848. The van der Waals surface area contributed by atoms with Gasteiger partial charge in [-0.1, -0.05) is 0 Å². The number of ether oxygens (including phenoxy) is 1. The summed E-state index contributed by atoms with van der Waals surface area (Å²) in [6.07, 6.45) is 1.90. The summed E-state index contributed by atoms with van der Waals surface area (Å²) in [5, 5.41) is 0. The van der Waals surface area contributed by atoms with E-state index in [1.165, 1.54) is 13.2 Å². The third kappa shape index (κ3) is 4.78. The number of benzene rings is 1. The van der Waals surface area contributed by atoms with Crippen molar-refractivity contribution in [3.8, 4) is 17.2 Å². The molecule has 3 rings (SSSR count). The number of hydrogen-bond acceptors (Lipinski definition) is 5. The van der Waals surface area contributed by atoms with E-state index in [-0.39, 0.29) is 23.3 Å². The first-order valence-corrected chi connectivity index (χ1v) is 10.3. The van der Waals surface area contributed by atoms with Gasteiger partial charge < -0.3 is 14.1 Å². The lowest BCUT2D eigenvalue weighted by Crippen LogP contribution is -2.44. The highest BCUT2D eigenvalue weighted by Crippen LogP contribution is 2.29. The number of likely N-dealkylation sites (tertiary alicyclic amines) is 1. The summed E-state index contributed by atoms with van der Waals surface area (Å²) in [6.45, 7) is 9.56. The molecule has 1 aromatic carbocycles. The number of carbonyl (C=O) groups excluding carboxylic acids is 1. The average Bonchev–Trinajstić information content (AvgIpc) is 3.09. The predicted octanol–water partition coefficient (Wildman–Crippen LogP) is 3.88. The van der Waals surface area contributed by atoms with Crippen LogP contribution in [0.2, 0.25) is 0 Å². The lowest BCUT2D eigenvalue weighted by Gasteiger charge is -2.34. The SMILES string of the molecule is CCN(CC)C(=O)[C@@H]1CCCN(Cc2nc(-c3cc(OC)ccc3F)oc2C)C1. The molecule has 158 valence electrons. The van der Waals surface area contributed by atoms with Crippen LogP contribution in [-0.2, 0) is 11.3 Å². The zero-order valence-corrected chi connectivity index (χ0v) is 17.7. The normalized spacial score (nSPS) is 17.3. The van der Waals surface area contributed by atoms with Crippen molar-refractivity contribution in [3.05, 3.63) is 35.5 Å². The van der Waals surface area contributed by atoms with Crippen LogP contribution < -0.4 is 4.74 Å². The Balaban J connectivity index is 1.73. The fourth-order valence-electron chi connectivity index (χ4n) is 3.89. The summed E-state index contributed by atoms with van der Waals surface area (Å²) in [6, 6.07) is 4.50. The molecule has 2 aromatic rings. The number of aryl methyl sites for hydroxylation is 1. The van der Waals surface area contributed by atoms with Crippen LogP contribution in [-0.4, -0.2) is 54.0 Å². The van der Waals surface area contributed by atoms with E-state index in [1.807, 2.05) is 25.7 Å². The number of oxazole rings is 1. The number of nitrogens with zero attached hydrogens (tertiary/aromatic N) is 3. The predicted molar refractivity (Wildman–Crippen MR) is 109 cm³/mol. The first-order valence-electron chi connectivity index (χ1n) is 10.3. The van der Waals surface area contributed by atoms with E-state index in [0.29, 0.717) is 24.6 Å². The van der Waals surface area contributed by atoms with Gasteiger partial charge in [-0.25, -0.2) is 9.37 Å². The van der Waals surface area contributed by atoms with E-state index in [4.69, 9.17) is 9.15 Å². The number of hydrogen-bond donors (Lipinski definition) is 0. The number of halogens is 1. The molecule has 0 spiro atoms. The topological polar surface area (TPSA) is 58.8 Å². The maximum absolute atomic E-state index is 14.3. The molecule has 0 aliphatic carbocycles. The van der Waals surface area contributed by atoms with Crippen LogP contribution in [0.4, 0.5) is 4.39 Å².